The molecule has 0 bridgehead atoms. The first kappa shape index (κ1) is 8.97. The standard InChI is InChI=1S/C10H12N4/c11-4-8-3-10(6-13-5-8)14-2-1-9(12)7-14/h3,5-6,9H,1-2,7,12H2/t9-/m0/s1. The highest BCUT2D eigenvalue weighted by Gasteiger charge is 2.19. The van der Waals surface area contributed by atoms with Crippen LogP contribution in [-0.2, 0) is 0 Å². The predicted molar refractivity (Wildman–Crippen MR) is 53.8 cm³/mol. The highest BCUT2D eigenvalue weighted by Crippen LogP contribution is 2.19. The molecule has 1 aliphatic heterocycles. The predicted octanol–water partition coefficient (Wildman–Crippen LogP) is 0.491. The number of anilines is 1. The SMILES string of the molecule is N#Cc1cncc(N2CC[C@H](N)C2)c1. The molecular weight excluding hydrogens is 176 g/mol. The molecule has 0 radical (unpaired) electrons. The molecule has 0 saturated carbocycles. The van der Waals surface area contributed by atoms with Crippen LogP contribution in [0.5, 0.6) is 0 Å². The van der Waals surface area contributed by atoms with E-state index >= 15 is 0 Å². The number of aromatic nitrogens is 1. The first-order valence-corrected chi connectivity index (χ1v) is 4.65. The average molecular weight is 188 g/mol. The Morgan fingerprint density at radius 2 is 2.43 bits per heavy atom. The fourth-order valence-corrected chi connectivity index (χ4v) is 1.68. The summed E-state index contributed by atoms with van der Waals surface area (Å²) in [4.78, 5) is 6.19. The lowest BCUT2D eigenvalue weighted by molar-refractivity contribution is 0.752. The molecular formula is C10H12N4. The molecule has 1 aliphatic rings. The van der Waals surface area contributed by atoms with E-state index in [0.717, 1.165) is 25.2 Å². The van der Waals surface area contributed by atoms with Gasteiger partial charge in [0.05, 0.1) is 17.4 Å². The van der Waals surface area contributed by atoms with E-state index in [1.165, 1.54) is 0 Å². The molecule has 4 heteroatoms. The minimum absolute atomic E-state index is 0.251. The lowest BCUT2D eigenvalue weighted by Crippen LogP contribution is -2.26. The summed E-state index contributed by atoms with van der Waals surface area (Å²) in [6.45, 7) is 1.81. The molecule has 0 aromatic carbocycles. The molecule has 2 heterocycles. The smallest absolute Gasteiger partial charge is 0.101 e. The van der Waals surface area contributed by atoms with E-state index in [4.69, 9.17) is 11.0 Å². The van der Waals surface area contributed by atoms with E-state index in [9.17, 15) is 0 Å². The maximum absolute atomic E-state index is 8.72. The fourth-order valence-electron chi connectivity index (χ4n) is 1.68. The summed E-state index contributed by atoms with van der Waals surface area (Å²) in [5.41, 5.74) is 7.40. The van der Waals surface area contributed by atoms with Gasteiger partial charge in [-0.15, -0.1) is 0 Å². The van der Waals surface area contributed by atoms with Crippen LogP contribution < -0.4 is 10.6 Å². The van der Waals surface area contributed by atoms with Crippen molar-refractivity contribution >= 4 is 5.69 Å². The van der Waals surface area contributed by atoms with E-state index in [2.05, 4.69) is 16.0 Å². The molecule has 72 valence electrons. The van der Waals surface area contributed by atoms with Crippen molar-refractivity contribution in [2.45, 2.75) is 12.5 Å². The Morgan fingerprint density at radius 1 is 1.57 bits per heavy atom. The van der Waals surface area contributed by atoms with Crippen molar-refractivity contribution in [2.75, 3.05) is 18.0 Å². The summed E-state index contributed by atoms with van der Waals surface area (Å²) in [7, 11) is 0. The fraction of sp³-hybridized carbons (Fsp3) is 0.400. The van der Waals surface area contributed by atoms with Crippen molar-refractivity contribution in [3.63, 3.8) is 0 Å². The van der Waals surface area contributed by atoms with E-state index in [1.54, 1.807) is 12.4 Å². The van der Waals surface area contributed by atoms with Gasteiger partial charge in [-0.1, -0.05) is 0 Å². The highest BCUT2D eigenvalue weighted by atomic mass is 15.2. The lowest BCUT2D eigenvalue weighted by Gasteiger charge is -2.17. The molecule has 1 aromatic rings. The van der Waals surface area contributed by atoms with E-state index in [0.29, 0.717) is 5.56 Å². The van der Waals surface area contributed by atoms with Gasteiger partial charge in [0, 0.05) is 25.3 Å². The van der Waals surface area contributed by atoms with Crippen LogP contribution in [-0.4, -0.2) is 24.1 Å². The number of rotatable bonds is 1. The van der Waals surface area contributed by atoms with Crippen LogP contribution in [0.15, 0.2) is 18.5 Å². The summed E-state index contributed by atoms with van der Waals surface area (Å²) in [5.74, 6) is 0. The van der Waals surface area contributed by atoms with Gasteiger partial charge in [-0.3, -0.25) is 4.98 Å². The Bertz CT molecular complexity index is 369. The zero-order valence-corrected chi connectivity index (χ0v) is 7.85. The molecule has 1 saturated heterocycles. The normalized spacial score (nSPS) is 20.9. The van der Waals surface area contributed by atoms with Crippen LogP contribution in [0.3, 0.4) is 0 Å². The van der Waals surface area contributed by atoms with Gasteiger partial charge in [0.1, 0.15) is 6.07 Å². The molecule has 0 amide bonds. The van der Waals surface area contributed by atoms with Crippen LogP contribution in [0.2, 0.25) is 0 Å². The summed E-state index contributed by atoms with van der Waals surface area (Å²) < 4.78 is 0. The summed E-state index contributed by atoms with van der Waals surface area (Å²) >= 11 is 0. The molecule has 1 atom stereocenters. The minimum atomic E-state index is 0.251. The van der Waals surface area contributed by atoms with Crippen LogP contribution >= 0.6 is 0 Å². The van der Waals surface area contributed by atoms with Crippen molar-refractivity contribution in [3.05, 3.63) is 24.0 Å². The van der Waals surface area contributed by atoms with E-state index in [-0.39, 0.29) is 6.04 Å². The van der Waals surface area contributed by atoms with E-state index in [1.807, 2.05) is 6.07 Å². The third kappa shape index (κ3) is 1.68. The average Bonchev–Trinajstić information content (AvgIpc) is 2.65. The summed E-state index contributed by atoms with van der Waals surface area (Å²) in [5, 5.41) is 8.72. The van der Waals surface area contributed by atoms with Crippen LogP contribution in [0.4, 0.5) is 5.69 Å². The Kier molecular flexibility index (Phi) is 2.33. The Hall–Kier alpha value is -1.60. The molecule has 2 N–H and O–H groups in total. The van der Waals surface area contributed by atoms with Crippen molar-refractivity contribution in [1.82, 2.24) is 4.98 Å². The number of hydrogen-bond donors (Lipinski definition) is 1. The highest BCUT2D eigenvalue weighted by molar-refractivity contribution is 5.49. The Morgan fingerprint density at radius 3 is 3.07 bits per heavy atom. The van der Waals surface area contributed by atoms with Crippen LogP contribution in [0.25, 0.3) is 0 Å². The van der Waals surface area contributed by atoms with Gasteiger partial charge in [-0.2, -0.15) is 5.26 Å². The number of hydrogen-bond acceptors (Lipinski definition) is 4. The zero-order chi connectivity index (χ0) is 9.97. The topological polar surface area (TPSA) is 65.9 Å². The largest absolute Gasteiger partial charge is 0.369 e. The number of pyridine rings is 1. The number of nitrogens with zero attached hydrogens (tertiary/aromatic N) is 3. The molecule has 0 aliphatic carbocycles. The van der Waals surface area contributed by atoms with Crippen molar-refractivity contribution in [1.29, 1.82) is 5.26 Å². The summed E-state index contributed by atoms with van der Waals surface area (Å²) in [6.07, 6.45) is 4.36. The number of nitriles is 1. The Balaban J connectivity index is 2.20. The molecule has 4 nitrogen and oxygen atoms in total. The van der Waals surface area contributed by atoms with Crippen LogP contribution in [0, 0.1) is 11.3 Å². The van der Waals surface area contributed by atoms with Gasteiger partial charge >= 0.3 is 0 Å². The minimum Gasteiger partial charge on any atom is -0.369 e. The zero-order valence-electron chi connectivity index (χ0n) is 7.85. The lowest BCUT2D eigenvalue weighted by atomic mass is 10.3. The maximum atomic E-state index is 8.72. The molecule has 1 fully saturated rings. The third-order valence-corrected chi connectivity index (χ3v) is 2.44. The molecule has 14 heavy (non-hydrogen) atoms. The van der Waals surface area contributed by atoms with Gasteiger partial charge in [0.15, 0.2) is 0 Å². The van der Waals surface area contributed by atoms with Crippen molar-refractivity contribution in [3.8, 4) is 6.07 Å². The molecule has 1 aromatic heterocycles. The van der Waals surface area contributed by atoms with Gasteiger partial charge < -0.3 is 10.6 Å². The molecule has 0 spiro atoms. The first-order chi connectivity index (χ1) is 6.79. The maximum Gasteiger partial charge on any atom is 0.101 e. The van der Waals surface area contributed by atoms with Gasteiger partial charge in [0.25, 0.3) is 0 Å². The quantitative estimate of drug-likeness (QED) is 0.696. The second-order valence-corrected chi connectivity index (χ2v) is 3.54. The molecule has 0 unspecified atom stereocenters. The van der Waals surface area contributed by atoms with Gasteiger partial charge in [0.2, 0.25) is 0 Å². The monoisotopic (exact) mass is 188 g/mol. The van der Waals surface area contributed by atoms with Gasteiger partial charge in [-0.05, 0) is 12.5 Å². The van der Waals surface area contributed by atoms with Crippen molar-refractivity contribution < 1.29 is 0 Å². The molecule has 2 rings (SSSR count). The van der Waals surface area contributed by atoms with Crippen LogP contribution in [0.1, 0.15) is 12.0 Å². The third-order valence-electron chi connectivity index (χ3n) is 2.44. The Labute approximate surface area is 83.0 Å². The second kappa shape index (κ2) is 3.64. The van der Waals surface area contributed by atoms with E-state index < -0.39 is 0 Å². The second-order valence-electron chi connectivity index (χ2n) is 3.54. The van der Waals surface area contributed by atoms with Gasteiger partial charge in [-0.25, -0.2) is 0 Å². The summed E-state index contributed by atoms with van der Waals surface area (Å²) in [6, 6.07) is 4.18. The first-order valence-electron chi connectivity index (χ1n) is 4.65. The van der Waals surface area contributed by atoms with Crippen molar-refractivity contribution in [2.24, 2.45) is 5.73 Å². The number of nitrogens with two attached hydrogens (primary N) is 1.